The molecule has 1 fully saturated rings. The van der Waals surface area contributed by atoms with Gasteiger partial charge < -0.3 is 9.77 Å². The Hall–Kier alpha value is -1.85. The van der Waals surface area contributed by atoms with Crippen LogP contribution in [0.1, 0.15) is 31.7 Å². The molecule has 0 amide bonds. The zero-order valence-electron chi connectivity index (χ0n) is 8.80. The lowest BCUT2D eigenvalue weighted by molar-refractivity contribution is 0.168. The minimum absolute atomic E-state index is 0.0123. The van der Waals surface area contributed by atoms with Crippen molar-refractivity contribution < 1.29 is 5.21 Å². The van der Waals surface area contributed by atoms with Gasteiger partial charge in [0.15, 0.2) is 16.7 Å². The number of fused-ring (bicyclic) bond motifs is 1. The third-order valence-corrected chi connectivity index (χ3v) is 3.23. The molecule has 2 N–H and O–H groups in total. The van der Waals surface area contributed by atoms with Gasteiger partial charge in [0, 0.05) is 6.04 Å². The van der Waals surface area contributed by atoms with Crippen LogP contribution in [0.3, 0.4) is 0 Å². The van der Waals surface area contributed by atoms with E-state index in [2.05, 4.69) is 9.97 Å². The molecular formula is C10H13N5O. The molecule has 1 aliphatic rings. The normalized spacial score (nSPS) is 17.2. The van der Waals surface area contributed by atoms with E-state index in [1.54, 1.807) is 6.33 Å². The van der Waals surface area contributed by atoms with E-state index in [9.17, 15) is 5.21 Å². The Morgan fingerprint density at radius 3 is 2.75 bits per heavy atom. The molecule has 1 aliphatic carbocycles. The lowest BCUT2D eigenvalue weighted by Crippen LogP contribution is -2.19. The van der Waals surface area contributed by atoms with Crippen LogP contribution in [0.5, 0.6) is 0 Å². The van der Waals surface area contributed by atoms with Crippen molar-refractivity contribution in [3.8, 4) is 0 Å². The van der Waals surface area contributed by atoms with Gasteiger partial charge >= 0.3 is 0 Å². The molecule has 0 spiro atoms. The number of imidazole rings is 1. The van der Waals surface area contributed by atoms with Gasteiger partial charge in [-0.05, 0) is 12.8 Å². The Morgan fingerprint density at radius 1 is 1.25 bits per heavy atom. The summed E-state index contributed by atoms with van der Waals surface area (Å²) in [5.41, 5.74) is 1.14. The molecule has 0 atom stereocenters. The molecule has 6 nitrogen and oxygen atoms in total. The van der Waals surface area contributed by atoms with Gasteiger partial charge in [0.25, 0.3) is 0 Å². The second-order valence-electron chi connectivity index (χ2n) is 4.20. The zero-order chi connectivity index (χ0) is 11.1. The molecule has 2 aromatic heterocycles. The largest absolute Gasteiger partial charge is 0.425 e. The molecule has 6 heteroatoms. The van der Waals surface area contributed by atoms with E-state index in [1.807, 2.05) is 4.57 Å². The highest BCUT2D eigenvalue weighted by atomic mass is 16.5. The zero-order valence-corrected chi connectivity index (χ0v) is 8.80. The molecule has 0 bridgehead atoms. The Balaban J connectivity index is 2.20. The van der Waals surface area contributed by atoms with Gasteiger partial charge in [0.1, 0.15) is 6.33 Å². The van der Waals surface area contributed by atoms with Gasteiger partial charge in [-0.15, -0.1) is 0 Å². The molecule has 16 heavy (non-hydrogen) atoms. The maximum absolute atomic E-state index is 9.31. The van der Waals surface area contributed by atoms with Crippen molar-refractivity contribution in [2.75, 3.05) is 0 Å². The van der Waals surface area contributed by atoms with Crippen LogP contribution in [-0.2, 0) is 0 Å². The molecule has 0 aliphatic heterocycles. The smallest absolute Gasteiger partial charge is 0.192 e. The fourth-order valence-electron chi connectivity index (χ4n) is 2.37. The Kier molecular flexibility index (Phi) is 1.95. The molecule has 0 aromatic carbocycles. The third-order valence-electron chi connectivity index (χ3n) is 3.23. The molecule has 3 rings (SSSR count). The van der Waals surface area contributed by atoms with Gasteiger partial charge in [0.05, 0.1) is 6.33 Å². The monoisotopic (exact) mass is 219 g/mol. The Morgan fingerprint density at radius 2 is 2.00 bits per heavy atom. The van der Waals surface area contributed by atoms with Crippen molar-refractivity contribution in [1.82, 2.24) is 19.3 Å². The number of hydrogen-bond acceptors (Lipinski definition) is 4. The van der Waals surface area contributed by atoms with Gasteiger partial charge in [-0.1, -0.05) is 12.8 Å². The van der Waals surface area contributed by atoms with Crippen LogP contribution in [0.25, 0.3) is 11.2 Å². The number of nitrogens with one attached hydrogen (secondary N) is 1. The number of rotatable bonds is 1. The van der Waals surface area contributed by atoms with Crippen LogP contribution in [-0.4, -0.2) is 24.5 Å². The summed E-state index contributed by atoms with van der Waals surface area (Å²) in [6, 6.07) is 0.450. The fourth-order valence-corrected chi connectivity index (χ4v) is 2.37. The average molecular weight is 219 g/mol. The van der Waals surface area contributed by atoms with Crippen molar-refractivity contribution in [1.29, 1.82) is 5.41 Å². The minimum Gasteiger partial charge on any atom is -0.425 e. The topological polar surface area (TPSA) is 79.7 Å². The number of aromatic nitrogens is 4. The van der Waals surface area contributed by atoms with E-state index in [4.69, 9.17) is 5.41 Å². The van der Waals surface area contributed by atoms with Crippen LogP contribution in [0.4, 0.5) is 0 Å². The summed E-state index contributed by atoms with van der Waals surface area (Å²) in [4.78, 5) is 8.30. The maximum Gasteiger partial charge on any atom is 0.192 e. The molecule has 84 valence electrons. The van der Waals surface area contributed by atoms with Crippen LogP contribution in [0, 0.1) is 5.41 Å². The summed E-state index contributed by atoms with van der Waals surface area (Å²) in [5, 5.41) is 17.0. The van der Waals surface area contributed by atoms with E-state index in [1.165, 1.54) is 19.2 Å². The summed E-state index contributed by atoms with van der Waals surface area (Å²) in [6.45, 7) is 0. The first-order chi connectivity index (χ1) is 7.77. The Labute approximate surface area is 91.7 Å². The van der Waals surface area contributed by atoms with Crippen LogP contribution in [0.2, 0.25) is 0 Å². The Bertz CT molecular complexity index is 578. The predicted octanol–water partition coefficient (Wildman–Crippen LogP) is 1.06. The molecule has 0 unspecified atom stereocenters. The molecule has 0 radical (unpaired) electrons. The van der Waals surface area contributed by atoms with Crippen molar-refractivity contribution >= 4 is 11.2 Å². The van der Waals surface area contributed by atoms with E-state index in [0.29, 0.717) is 21.9 Å². The molecule has 2 aromatic rings. The van der Waals surface area contributed by atoms with E-state index < -0.39 is 0 Å². The SMILES string of the molecule is N=c1c2ncn(C3CCCC3)c2ncn1O. The standard InChI is InChI=1S/C10H13N5O/c11-9-8-10(13-6-15(9)16)14(5-12-8)7-3-1-2-4-7/h5-7,11,16H,1-4H2. The summed E-state index contributed by atoms with van der Waals surface area (Å²) >= 11 is 0. The van der Waals surface area contributed by atoms with Gasteiger partial charge in [-0.25, -0.2) is 9.97 Å². The highest BCUT2D eigenvalue weighted by Crippen LogP contribution is 2.30. The lowest BCUT2D eigenvalue weighted by Gasteiger charge is -2.11. The quantitative estimate of drug-likeness (QED) is 0.704. The maximum atomic E-state index is 9.31. The van der Waals surface area contributed by atoms with Crippen molar-refractivity contribution in [2.24, 2.45) is 0 Å². The average Bonchev–Trinajstić information content (AvgIpc) is 2.91. The third kappa shape index (κ3) is 1.22. The second-order valence-corrected chi connectivity index (χ2v) is 4.20. The molecule has 0 saturated heterocycles. The highest BCUT2D eigenvalue weighted by Gasteiger charge is 2.19. The minimum atomic E-state index is -0.0123. The van der Waals surface area contributed by atoms with Crippen LogP contribution in [0.15, 0.2) is 12.7 Å². The van der Waals surface area contributed by atoms with Gasteiger partial charge in [-0.3, -0.25) is 5.41 Å². The molecular weight excluding hydrogens is 206 g/mol. The lowest BCUT2D eigenvalue weighted by atomic mass is 10.2. The summed E-state index contributed by atoms with van der Waals surface area (Å²) in [6.07, 6.45) is 7.75. The predicted molar refractivity (Wildman–Crippen MR) is 56.1 cm³/mol. The van der Waals surface area contributed by atoms with Gasteiger partial charge in [0.2, 0.25) is 0 Å². The summed E-state index contributed by atoms with van der Waals surface area (Å²) < 4.78 is 2.72. The van der Waals surface area contributed by atoms with E-state index in [-0.39, 0.29) is 5.49 Å². The van der Waals surface area contributed by atoms with E-state index in [0.717, 1.165) is 12.8 Å². The molecule has 2 heterocycles. The van der Waals surface area contributed by atoms with Crippen molar-refractivity contribution in [3.05, 3.63) is 18.1 Å². The van der Waals surface area contributed by atoms with E-state index >= 15 is 0 Å². The molecule has 1 saturated carbocycles. The van der Waals surface area contributed by atoms with Crippen LogP contribution >= 0.6 is 0 Å². The number of hydrogen-bond donors (Lipinski definition) is 2. The van der Waals surface area contributed by atoms with Gasteiger partial charge in [-0.2, -0.15) is 4.73 Å². The first-order valence-corrected chi connectivity index (χ1v) is 5.45. The van der Waals surface area contributed by atoms with Crippen LogP contribution < -0.4 is 5.49 Å². The summed E-state index contributed by atoms with van der Waals surface area (Å²) in [5.74, 6) is 0. The highest BCUT2D eigenvalue weighted by molar-refractivity contribution is 5.68. The first-order valence-electron chi connectivity index (χ1n) is 5.45. The summed E-state index contributed by atoms with van der Waals surface area (Å²) in [7, 11) is 0. The van der Waals surface area contributed by atoms with Crippen molar-refractivity contribution in [3.63, 3.8) is 0 Å². The fraction of sp³-hybridized carbons (Fsp3) is 0.500. The number of nitrogens with zero attached hydrogens (tertiary/aromatic N) is 4. The first kappa shape index (κ1) is 9.38. The second kappa shape index (κ2) is 3.33. The van der Waals surface area contributed by atoms with Crippen molar-refractivity contribution in [2.45, 2.75) is 31.7 Å².